The lowest BCUT2D eigenvalue weighted by Crippen LogP contribution is -2.09. The van der Waals surface area contributed by atoms with Crippen molar-refractivity contribution < 1.29 is 5.11 Å². The minimum atomic E-state index is -0.0495. The van der Waals surface area contributed by atoms with Crippen LogP contribution in [0.3, 0.4) is 0 Å². The number of aromatic hydroxyl groups is 1. The Kier molecular flexibility index (Phi) is 5.58. The van der Waals surface area contributed by atoms with Gasteiger partial charge in [0.05, 0.1) is 0 Å². The van der Waals surface area contributed by atoms with Crippen molar-refractivity contribution in [2.24, 2.45) is 5.73 Å². The third kappa shape index (κ3) is 2.63. The van der Waals surface area contributed by atoms with E-state index >= 15 is 0 Å². The van der Waals surface area contributed by atoms with Crippen LogP contribution in [0.15, 0.2) is 18.2 Å². The quantitative estimate of drug-likeness (QED) is 0.815. The van der Waals surface area contributed by atoms with Gasteiger partial charge in [-0.1, -0.05) is 32.0 Å². The van der Waals surface area contributed by atoms with Gasteiger partial charge >= 0.3 is 0 Å². The first-order valence-corrected chi connectivity index (χ1v) is 4.77. The van der Waals surface area contributed by atoms with Gasteiger partial charge in [0.25, 0.3) is 0 Å². The normalized spacial score (nSPS) is 11.9. The van der Waals surface area contributed by atoms with Crippen molar-refractivity contribution >= 4 is 12.4 Å². The van der Waals surface area contributed by atoms with E-state index < -0.39 is 0 Å². The summed E-state index contributed by atoms with van der Waals surface area (Å²) in [7, 11) is 0. The van der Waals surface area contributed by atoms with Gasteiger partial charge in [-0.25, -0.2) is 0 Å². The van der Waals surface area contributed by atoms with E-state index in [4.69, 9.17) is 5.73 Å². The van der Waals surface area contributed by atoms with Crippen LogP contribution < -0.4 is 5.73 Å². The highest BCUT2D eigenvalue weighted by atomic mass is 35.5. The van der Waals surface area contributed by atoms with E-state index in [1.807, 2.05) is 32.0 Å². The highest BCUT2D eigenvalue weighted by molar-refractivity contribution is 5.85. The average molecular weight is 216 g/mol. The lowest BCUT2D eigenvalue weighted by Gasteiger charge is -2.13. The summed E-state index contributed by atoms with van der Waals surface area (Å²) in [6, 6.07) is 5.72. The second-order valence-corrected chi connectivity index (χ2v) is 3.22. The van der Waals surface area contributed by atoms with Crippen LogP contribution >= 0.6 is 12.4 Å². The van der Waals surface area contributed by atoms with Crippen LogP contribution in [-0.2, 0) is 6.42 Å². The summed E-state index contributed by atoms with van der Waals surface area (Å²) in [5.74, 6) is 0.374. The molecule has 1 atom stereocenters. The third-order valence-corrected chi connectivity index (χ3v) is 2.37. The molecular formula is C11H18ClNO. The van der Waals surface area contributed by atoms with E-state index in [0.717, 1.165) is 24.0 Å². The first-order valence-electron chi connectivity index (χ1n) is 4.77. The van der Waals surface area contributed by atoms with Gasteiger partial charge in [0.2, 0.25) is 0 Å². The molecule has 0 aliphatic carbocycles. The highest BCUT2D eigenvalue weighted by Gasteiger charge is 2.10. The number of hydrogen-bond donors (Lipinski definition) is 2. The fraction of sp³-hybridized carbons (Fsp3) is 0.455. The molecule has 0 heterocycles. The predicted octanol–water partition coefficient (Wildman–Crippen LogP) is 2.79. The molecule has 0 amide bonds. The maximum Gasteiger partial charge on any atom is 0.123 e. The maximum atomic E-state index is 9.81. The van der Waals surface area contributed by atoms with E-state index in [1.165, 1.54) is 0 Å². The van der Waals surface area contributed by atoms with Crippen molar-refractivity contribution in [2.45, 2.75) is 32.7 Å². The van der Waals surface area contributed by atoms with Gasteiger partial charge in [-0.05, 0) is 18.4 Å². The number of benzene rings is 1. The molecule has 0 saturated heterocycles. The van der Waals surface area contributed by atoms with Crippen molar-refractivity contribution in [1.29, 1.82) is 0 Å². The zero-order valence-corrected chi connectivity index (χ0v) is 9.47. The Bertz CT molecular complexity index is 289. The Morgan fingerprint density at radius 1 is 1.36 bits per heavy atom. The summed E-state index contributed by atoms with van der Waals surface area (Å²) in [6.07, 6.45) is 1.69. The molecule has 0 aliphatic heterocycles. The molecule has 0 fully saturated rings. The van der Waals surface area contributed by atoms with E-state index in [1.54, 1.807) is 0 Å². The van der Waals surface area contributed by atoms with Crippen LogP contribution in [0.25, 0.3) is 0 Å². The lowest BCUT2D eigenvalue weighted by atomic mass is 10.00. The molecule has 0 spiro atoms. The molecule has 2 nitrogen and oxygen atoms in total. The summed E-state index contributed by atoms with van der Waals surface area (Å²) in [5, 5.41) is 9.81. The van der Waals surface area contributed by atoms with Crippen molar-refractivity contribution in [1.82, 2.24) is 0 Å². The van der Waals surface area contributed by atoms with Gasteiger partial charge < -0.3 is 10.8 Å². The third-order valence-electron chi connectivity index (χ3n) is 2.37. The maximum absolute atomic E-state index is 9.81. The second-order valence-electron chi connectivity index (χ2n) is 3.22. The molecule has 3 N–H and O–H groups in total. The molecular weight excluding hydrogens is 198 g/mol. The number of nitrogens with two attached hydrogens (primary N) is 1. The van der Waals surface area contributed by atoms with E-state index in [-0.39, 0.29) is 18.4 Å². The minimum Gasteiger partial charge on any atom is -0.507 e. The predicted molar refractivity (Wildman–Crippen MR) is 62.0 cm³/mol. The fourth-order valence-corrected chi connectivity index (χ4v) is 1.42. The Labute approximate surface area is 91.5 Å². The van der Waals surface area contributed by atoms with E-state index in [9.17, 15) is 5.11 Å². The Hall–Kier alpha value is -0.730. The number of para-hydroxylation sites is 1. The zero-order valence-electron chi connectivity index (χ0n) is 8.66. The average Bonchev–Trinajstić information content (AvgIpc) is 2.17. The molecule has 0 aliphatic rings. The molecule has 0 aromatic heterocycles. The van der Waals surface area contributed by atoms with Crippen LogP contribution in [0.1, 0.15) is 37.4 Å². The molecule has 3 heteroatoms. The number of phenolic OH excluding ortho intramolecular Hbond substituents is 1. The molecule has 0 radical (unpaired) electrons. The Balaban J connectivity index is 0.00000169. The molecule has 14 heavy (non-hydrogen) atoms. The molecule has 0 saturated carbocycles. The highest BCUT2D eigenvalue weighted by Crippen LogP contribution is 2.28. The van der Waals surface area contributed by atoms with Crippen LogP contribution in [0.2, 0.25) is 0 Å². The van der Waals surface area contributed by atoms with Crippen LogP contribution in [-0.4, -0.2) is 5.11 Å². The SMILES string of the molecule is CCc1cccc([C@H](N)CC)c1O.Cl. The first kappa shape index (κ1) is 13.3. The summed E-state index contributed by atoms with van der Waals surface area (Å²) < 4.78 is 0. The van der Waals surface area contributed by atoms with E-state index in [0.29, 0.717) is 5.75 Å². The van der Waals surface area contributed by atoms with Crippen molar-refractivity contribution in [3.8, 4) is 5.75 Å². The van der Waals surface area contributed by atoms with Crippen LogP contribution in [0, 0.1) is 0 Å². The number of rotatable bonds is 3. The van der Waals surface area contributed by atoms with Crippen LogP contribution in [0.5, 0.6) is 5.75 Å². The second kappa shape index (κ2) is 5.89. The number of aryl methyl sites for hydroxylation is 1. The smallest absolute Gasteiger partial charge is 0.123 e. The Morgan fingerprint density at radius 3 is 2.50 bits per heavy atom. The molecule has 1 aromatic rings. The van der Waals surface area contributed by atoms with Gasteiger partial charge in [0.1, 0.15) is 5.75 Å². The lowest BCUT2D eigenvalue weighted by molar-refractivity contribution is 0.454. The van der Waals surface area contributed by atoms with Gasteiger partial charge in [-0.15, -0.1) is 12.4 Å². The fourth-order valence-electron chi connectivity index (χ4n) is 1.42. The zero-order chi connectivity index (χ0) is 9.84. The summed E-state index contributed by atoms with van der Waals surface area (Å²) in [4.78, 5) is 0. The Morgan fingerprint density at radius 2 is 2.00 bits per heavy atom. The van der Waals surface area contributed by atoms with E-state index in [2.05, 4.69) is 0 Å². The molecule has 0 unspecified atom stereocenters. The van der Waals surface area contributed by atoms with Crippen LogP contribution in [0.4, 0.5) is 0 Å². The number of hydrogen-bond acceptors (Lipinski definition) is 2. The number of halogens is 1. The first-order chi connectivity index (χ1) is 6.20. The van der Waals surface area contributed by atoms with Gasteiger partial charge in [-0.3, -0.25) is 0 Å². The molecule has 80 valence electrons. The van der Waals surface area contributed by atoms with Gasteiger partial charge in [0, 0.05) is 11.6 Å². The molecule has 1 aromatic carbocycles. The number of phenols is 1. The van der Waals surface area contributed by atoms with Gasteiger partial charge in [-0.2, -0.15) is 0 Å². The molecule has 1 rings (SSSR count). The largest absolute Gasteiger partial charge is 0.507 e. The molecule has 0 bridgehead atoms. The minimum absolute atomic E-state index is 0. The summed E-state index contributed by atoms with van der Waals surface area (Å²) in [5.41, 5.74) is 7.70. The van der Waals surface area contributed by atoms with Gasteiger partial charge in [0.15, 0.2) is 0 Å². The van der Waals surface area contributed by atoms with Crippen molar-refractivity contribution in [3.63, 3.8) is 0 Å². The summed E-state index contributed by atoms with van der Waals surface area (Å²) in [6.45, 7) is 4.04. The monoisotopic (exact) mass is 215 g/mol. The van der Waals surface area contributed by atoms with Crippen molar-refractivity contribution in [2.75, 3.05) is 0 Å². The topological polar surface area (TPSA) is 46.2 Å². The summed E-state index contributed by atoms with van der Waals surface area (Å²) >= 11 is 0. The standard InChI is InChI=1S/C11H17NO.ClH/c1-3-8-6-5-7-9(11(8)13)10(12)4-2;/h5-7,10,13H,3-4,12H2,1-2H3;1H/t10-;/m1./s1. The van der Waals surface area contributed by atoms with Crippen molar-refractivity contribution in [3.05, 3.63) is 29.3 Å².